The van der Waals surface area contributed by atoms with Gasteiger partial charge in [0.2, 0.25) is 0 Å². The van der Waals surface area contributed by atoms with Crippen LogP contribution in [0.25, 0.3) is 0 Å². The molecule has 1 aromatic carbocycles. The van der Waals surface area contributed by atoms with E-state index in [0.29, 0.717) is 16.0 Å². The van der Waals surface area contributed by atoms with E-state index in [9.17, 15) is 5.11 Å². The Balaban J connectivity index is 2.78. The van der Waals surface area contributed by atoms with Crippen LogP contribution in [-0.4, -0.2) is 17.8 Å². The Labute approximate surface area is 126 Å². The van der Waals surface area contributed by atoms with Crippen molar-refractivity contribution in [2.45, 2.75) is 45.7 Å². The standard InChI is InChI=1S/C15H23Cl2NO/c1-4-15(18-12(9-19)7-10(2)3)11-5-6-13(16)14(17)8-11/h5-6,8,10,12,15,18-19H,4,7,9H2,1-3H3. The zero-order valence-electron chi connectivity index (χ0n) is 11.8. The van der Waals surface area contributed by atoms with Crippen molar-refractivity contribution in [3.8, 4) is 0 Å². The Kier molecular flexibility index (Phi) is 7.16. The van der Waals surface area contributed by atoms with E-state index in [4.69, 9.17) is 23.2 Å². The summed E-state index contributed by atoms with van der Waals surface area (Å²) in [5.41, 5.74) is 1.11. The van der Waals surface area contributed by atoms with Gasteiger partial charge in [0.15, 0.2) is 0 Å². The SMILES string of the molecule is CCC(NC(CO)CC(C)C)c1ccc(Cl)c(Cl)c1. The Morgan fingerprint density at radius 1 is 1.21 bits per heavy atom. The summed E-state index contributed by atoms with van der Waals surface area (Å²) in [6.07, 6.45) is 1.89. The van der Waals surface area contributed by atoms with E-state index in [1.165, 1.54) is 0 Å². The Hall–Kier alpha value is -0.280. The van der Waals surface area contributed by atoms with E-state index in [2.05, 4.69) is 26.1 Å². The van der Waals surface area contributed by atoms with Gasteiger partial charge < -0.3 is 10.4 Å². The summed E-state index contributed by atoms with van der Waals surface area (Å²) in [4.78, 5) is 0. The third kappa shape index (κ3) is 5.31. The van der Waals surface area contributed by atoms with Crippen molar-refractivity contribution in [3.05, 3.63) is 33.8 Å². The van der Waals surface area contributed by atoms with Gasteiger partial charge in [-0.2, -0.15) is 0 Å². The Morgan fingerprint density at radius 3 is 2.37 bits per heavy atom. The van der Waals surface area contributed by atoms with Gasteiger partial charge in [0.05, 0.1) is 16.7 Å². The maximum absolute atomic E-state index is 9.46. The van der Waals surface area contributed by atoms with E-state index in [1.807, 2.05) is 18.2 Å². The lowest BCUT2D eigenvalue weighted by Gasteiger charge is -2.25. The molecule has 2 nitrogen and oxygen atoms in total. The lowest BCUT2D eigenvalue weighted by atomic mass is 9.99. The third-order valence-electron chi connectivity index (χ3n) is 3.17. The lowest BCUT2D eigenvalue weighted by molar-refractivity contribution is 0.212. The fourth-order valence-electron chi connectivity index (χ4n) is 2.23. The minimum absolute atomic E-state index is 0.111. The van der Waals surface area contributed by atoms with Crippen LogP contribution in [0.2, 0.25) is 10.0 Å². The number of rotatable bonds is 7. The molecule has 0 fully saturated rings. The van der Waals surface area contributed by atoms with Gasteiger partial charge in [-0.05, 0) is 36.5 Å². The van der Waals surface area contributed by atoms with Crippen molar-refractivity contribution in [2.24, 2.45) is 5.92 Å². The Bertz CT molecular complexity index is 396. The number of hydrogen-bond acceptors (Lipinski definition) is 2. The van der Waals surface area contributed by atoms with Crippen molar-refractivity contribution in [3.63, 3.8) is 0 Å². The summed E-state index contributed by atoms with van der Waals surface area (Å²) >= 11 is 12.0. The van der Waals surface area contributed by atoms with Gasteiger partial charge in [-0.1, -0.05) is 50.0 Å². The quantitative estimate of drug-likeness (QED) is 0.780. The molecule has 2 unspecified atom stereocenters. The van der Waals surface area contributed by atoms with E-state index in [1.54, 1.807) is 0 Å². The molecule has 0 saturated carbocycles. The maximum atomic E-state index is 9.46. The zero-order chi connectivity index (χ0) is 14.4. The molecule has 2 atom stereocenters. The molecule has 0 aliphatic carbocycles. The molecule has 0 aromatic heterocycles. The molecule has 0 aliphatic rings. The Morgan fingerprint density at radius 2 is 1.89 bits per heavy atom. The van der Waals surface area contributed by atoms with E-state index < -0.39 is 0 Å². The first-order valence-corrected chi connectivity index (χ1v) is 7.55. The third-order valence-corrected chi connectivity index (χ3v) is 3.91. The molecule has 4 heteroatoms. The first-order chi connectivity index (χ1) is 8.97. The molecule has 1 rings (SSSR count). The highest BCUT2D eigenvalue weighted by Crippen LogP contribution is 2.27. The van der Waals surface area contributed by atoms with Gasteiger partial charge in [-0.3, -0.25) is 0 Å². The second-order valence-corrected chi connectivity index (χ2v) is 6.12. The molecule has 1 aromatic rings. The summed E-state index contributed by atoms with van der Waals surface area (Å²) in [5, 5.41) is 14.1. The van der Waals surface area contributed by atoms with E-state index in [0.717, 1.165) is 18.4 Å². The minimum atomic E-state index is 0.111. The molecule has 108 valence electrons. The normalized spacial score (nSPS) is 14.7. The maximum Gasteiger partial charge on any atom is 0.0595 e. The van der Waals surface area contributed by atoms with Crippen LogP contribution in [0.4, 0.5) is 0 Å². The second kappa shape index (κ2) is 8.11. The molecule has 2 N–H and O–H groups in total. The van der Waals surface area contributed by atoms with Gasteiger partial charge in [-0.15, -0.1) is 0 Å². The molecule has 0 amide bonds. The van der Waals surface area contributed by atoms with E-state index >= 15 is 0 Å². The number of nitrogens with one attached hydrogen (secondary N) is 1. The molecule has 0 spiro atoms. The largest absolute Gasteiger partial charge is 0.395 e. The van der Waals surface area contributed by atoms with Crippen LogP contribution >= 0.6 is 23.2 Å². The molecule has 0 heterocycles. The van der Waals surface area contributed by atoms with Crippen molar-refractivity contribution >= 4 is 23.2 Å². The fourth-order valence-corrected chi connectivity index (χ4v) is 2.53. The fraction of sp³-hybridized carbons (Fsp3) is 0.600. The van der Waals surface area contributed by atoms with Crippen LogP contribution in [0.15, 0.2) is 18.2 Å². The van der Waals surface area contributed by atoms with Crippen molar-refractivity contribution < 1.29 is 5.11 Å². The van der Waals surface area contributed by atoms with Gasteiger partial charge in [0.1, 0.15) is 0 Å². The summed E-state index contributed by atoms with van der Waals surface area (Å²) in [6.45, 7) is 6.58. The highest BCUT2D eigenvalue weighted by atomic mass is 35.5. The number of benzene rings is 1. The molecule has 0 radical (unpaired) electrons. The smallest absolute Gasteiger partial charge is 0.0595 e. The van der Waals surface area contributed by atoms with Gasteiger partial charge >= 0.3 is 0 Å². The summed E-state index contributed by atoms with van der Waals surface area (Å²) in [7, 11) is 0. The van der Waals surface area contributed by atoms with E-state index in [-0.39, 0.29) is 18.7 Å². The summed E-state index contributed by atoms with van der Waals surface area (Å²) < 4.78 is 0. The monoisotopic (exact) mass is 303 g/mol. The molecule has 0 bridgehead atoms. The first kappa shape index (κ1) is 16.8. The summed E-state index contributed by atoms with van der Waals surface area (Å²) in [6, 6.07) is 6.00. The molecule has 0 aliphatic heterocycles. The number of aliphatic hydroxyl groups excluding tert-OH is 1. The average Bonchev–Trinajstić information content (AvgIpc) is 2.37. The zero-order valence-corrected chi connectivity index (χ0v) is 13.3. The number of hydrogen-bond donors (Lipinski definition) is 2. The second-order valence-electron chi connectivity index (χ2n) is 5.31. The van der Waals surface area contributed by atoms with Crippen LogP contribution in [0.1, 0.15) is 45.2 Å². The van der Waals surface area contributed by atoms with Crippen molar-refractivity contribution in [2.75, 3.05) is 6.61 Å². The van der Waals surface area contributed by atoms with Crippen LogP contribution < -0.4 is 5.32 Å². The van der Waals surface area contributed by atoms with Crippen LogP contribution in [-0.2, 0) is 0 Å². The topological polar surface area (TPSA) is 32.3 Å². The highest BCUT2D eigenvalue weighted by molar-refractivity contribution is 6.42. The predicted molar refractivity (Wildman–Crippen MR) is 83.0 cm³/mol. The van der Waals surface area contributed by atoms with Crippen molar-refractivity contribution in [1.29, 1.82) is 0 Å². The minimum Gasteiger partial charge on any atom is -0.395 e. The molecular formula is C15H23Cl2NO. The highest BCUT2D eigenvalue weighted by Gasteiger charge is 2.16. The molecule has 19 heavy (non-hydrogen) atoms. The molecule has 0 saturated heterocycles. The first-order valence-electron chi connectivity index (χ1n) is 6.79. The number of halogens is 2. The lowest BCUT2D eigenvalue weighted by Crippen LogP contribution is -2.36. The van der Waals surface area contributed by atoms with Crippen LogP contribution in [0, 0.1) is 5.92 Å². The average molecular weight is 304 g/mol. The summed E-state index contributed by atoms with van der Waals surface area (Å²) in [5.74, 6) is 0.552. The van der Waals surface area contributed by atoms with Crippen LogP contribution in [0.5, 0.6) is 0 Å². The van der Waals surface area contributed by atoms with Crippen molar-refractivity contribution in [1.82, 2.24) is 5.32 Å². The van der Waals surface area contributed by atoms with Gasteiger partial charge in [-0.25, -0.2) is 0 Å². The number of aliphatic hydroxyl groups is 1. The predicted octanol–water partition coefficient (Wildman–Crippen LogP) is 4.44. The van der Waals surface area contributed by atoms with Gasteiger partial charge in [0, 0.05) is 12.1 Å². The molecular weight excluding hydrogens is 281 g/mol. The van der Waals surface area contributed by atoms with Gasteiger partial charge in [0.25, 0.3) is 0 Å². The van der Waals surface area contributed by atoms with Crippen LogP contribution in [0.3, 0.4) is 0 Å².